The van der Waals surface area contributed by atoms with Crippen LogP contribution in [-0.2, 0) is 0 Å². The summed E-state index contributed by atoms with van der Waals surface area (Å²) in [5, 5.41) is 3.17. The minimum absolute atomic E-state index is 0.963. The van der Waals surface area contributed by atoms with Crippen LogP contribution in [0, 0.1) is 0 Å². The van der Waals surface area contributed by atoms with Gasteiger partial charge in [-0.15, -0.1) is 10.6 Å². The molecule has 1 radical (unpaired) electrons. The van der Waals surface area contributed by atoms with Crippen molar-refractivity contribution < 1.29 is 0 Å². The van der Waals surface area contributed by atoms with E-state index < -0.39 is 0 Å². The molecular formula is C3H6Al. The summed E-state index contributed by atoms with van der Waals surface area (Å²) in [6, 6.07) is 0. The second-order valence-electron chi connectivity index (χ2n) is 1.22. The number of hydrogen-bond acceptors (Lipinski definition) is 0. The summed E-state index contributed by atoms with van der Waals surface area (Å²) in [5.74, 6) is 0. The third-order valence-electron chi connectivity index (χ3n) is 0.816. The highest BCUT2D eigenvalue weighted by Gasteiger charge is 1.99. The van der Waals surface area contributed by atoms with Crippen LogP contribution >= 0.6 is 0 Å². The molecule has 1 fully saturated rings. The zero-order chi connectivity index (χ0) is 2.83. The van der Waals surface area contributed by atoms with E-state index in [1.54, 1.807) is 10.6 Å². The van der Waals surface area contributed by atoms with Crippen LogP contribution in [-0.4, -0.2) is 15.2 Å². The Morgan fingerprint density at radius 1 is 1.25 bits per heavy atom. The van der Waals surface area contributed by atoms with E-state index >= 15 is 0 Å². The molecular weight excluding hydrogens is 63.0 g/mol. The van der Waals surface area contributed by atoms with Gasteiger partial charge in [0.15, 0.2) is 15.2 Å². The van der Waals surface area contributed by atoms with E-state index in [1.807, 2.05) is 0 Å². The molecule has 0 amide bonds. The summed E-state index contributed by atoms with van der Waals surface area (Å²) in [6.07, 6.45) is 1.54. The van der Waals surface area contributed by atoms with Gasteiger partial charge in [-0.2, -0.15) is 0 Å². The van der Waals surface area contributed by atoms with Crippen LogP contribution in [0.3, 0.4) is 0 Å². The SMILES string of the molecule is C1[CH2][Al][CH2]1. The second kappa shape index (κ2) is 1.10. The van der Waals surface area contributed by atoms with Crippen LogP contribution in [0.1, 0.15) is 6.42 Å². The molecule has 0 N–H and O–H groups in total. The molecule has 4 heavy (non-hydrogen) atoms. The van der Waals surface area contributed by atoms with E-state index in [2.05, 4.69) is 0 Å². The zero-order valence-electron chi connectivity index (χ0n) is 2.70. The molecule has 0 aromatic rings. The summed E-state index contributed by atoms with van der Waals surface area (Å²) < 4.78 is 0. The average molecular weight is 69.1 g/mol. The highest BCUT2D eigenvalue weighted by molar-refractivity contribution is 6.38. The summed E-state index contributed by atoms with van der Waals surface area (Å²) in [6.45, 7) is 0. The maximum atomic E-state index is 1.58. The Hall–Kier alpha value is 0.532. The maximum absolute atomic E-state index is 1.58. The van der Waals surface area contributed by atoms with Crippen LogP contribution in [0.4, 0.5) is 0 Å². The van der Waals surface area contributed by atoms with Crippen molar-refractivity contribution in [1.29, 1.82) is 0 Å². The van der Waals surface area contributed by atoms with Gasteiger partial charge in [-0.05, 0) is 0 Å². The van der Waals surface area contributed by atoms with Gasteiger partial charge in [0.05, 0.1) is 0 Å². The van der Waals surface area contributed by atoms with Gasteiger partial charge in [-0.1, -0.05) is 6.42 Å². The average Bonchev–Trinajstić information content (AvgIpc) is 0.722. The van der Waals surface area contributed by atoms with Crippen molar-refractivity contribution in [2.45, 2.75) is 17.0 Å². The molecule has 0 nitrogen and oxygen atoms in total. The smallest absolute Gasteiger partial charge is 0.105 e. The second-order valence-corrected chi connectivity index (χ2v) is 2.95. The molecule has 1 saturated heterocycles. The Morgan fingerprint density at radius 2 is 1.50 bits per heavy atom. The summed E-state index contributed by atoms with van der Waals surface area (Å²) in [7, 11) is 0. The molecule has 0 aromatic heterocycles. The molecule has 1 heterocycles. The molecule has 21 valence electrons. The predicted molar refractivity (Wildman–Crippen MR) is 20.0 cm³/mol. The third kappa shape index (κ3) is 0.290. The fraction of sp³-hybridized carbons (Fsp3) is 1.00. The molecule has 1 rings (SSSR count). The standard InChI is InChI=1S/C3H6.Al/c1-3-2;/h1-3H2;. The maximum Gasteiger partial charge on any atom is 0.199 e. The van der Waals surface area contributed by atoms with Gasteiger partial charge >= 0.3 is 0 Å². The topological polar surface area (TPSA) is 0 Å². The highest BCUT2D eigenvalue weighted by Crippen LogP contribution is 2.07. The number of hydrogen-bond donors (Lipinski definition) is 0. The molecule has 0 unspecified atom stereocenters. The summed E-state index contributed by atoms with van der Waals surface area (Å²) in [4.78, 5) is 0. The molecule has 0 spiro atoms. The van der Waals surface area contributed by atoms with Crippen LogP contribution in [0.2, 0.25) is 10.6 Å². The Bertz CT molecular complexity index is 11.2. The fourth-order valence-corrected chi connectivity index (χ4v) is 0.612. The predicted octanol–water partition coefficient (Wildman–Crippen LogP) is 0.931. The van der Waals surface area contributed by atoms with Crippen LogP contribution in [0.5, 0.6) is 0 Å². The molecule has 1 aliphatic rings. The Balaban J connectivity index is 2.00. The Labute approximate surface area is 32.9 Å². The van der Waals surface area contributed by atoms with Crippen molar-refractivity contribution in [1.82, 2.24) is 0 Å². The van der Waals surface area contributed by atoms with E-state index in [0.717, 1.165) is 15.2 Å². The Kier molecular flexibility index (Phi) is 0.759. The molecule has 0 bridgehead atoms. The van der Waals surface area contributed by atoms with Gasteiger partial charge < -0.3 is 0 Å². The van der Waals surface area contributed by atoms with Gasteiger partial charge in [-0.25, -0.2) is 0 Å². The van der Waals surface area contributed by atoms with Crippen molar-refractivity contribution in [3.63, 3.8) is 0 Å². The summed E-state index contributed by atoms with van der Waals surface area (Å²) in [5.41, 5.74) is 0. The molecule has 0 saturated carbocycles. The Morgan fingerprint density at radius 3 is 1.50 bits per heavy atom. The summed E-state index contributed by atoms with van der Waals surface area (Å²) >= 11 is 0.963. The van der Waals surface area contributed by atoms with Gasteiger partial charge in [0.1, 0.15) is 0 Å². The minimum Gasteiger partial charge on any atom is -0.105 e. The monoisotopic (exact) mass is 69.0 g/mol. The van der Waals surface area contributed by atoms with E-state index in [4.69, 9.17) is 0 Å². The van der Waals surface area contributed by atoms with Crippen molar-refractivity contribution in [2.24, 2.45) is 0 Å². The molecule has 1 aliphatic heterocycles. The first-order valence-corrected chi connectivity index (χ1v) is 3.45. The van der Waals surface area contributed by atoms with E-state index in [1.165, 1.54) is 6.42 Å². The van der Waals surface area contributed by atoms with Gasteiger partial charge in [-0.3, -0.25) is 0 Å². The lowest BCUT2D eigenvalue weighted by Gasteiger charge is -2.03. The molecule has 0 aromatic carbocycles. The van der Waals surface area contributed by atoms with Gasteiger partial charge in [0, 0.05) is 0 Å². The fourth-order valence-electron chi connectivity index (χ4n) is 0.204. The molecule has 0 atom stereocenters. The van der Waals surface area contributed by atoms with Crippen molar-refractivity contribution in [3.8, 4) is 0 Å². The molecule has 0 aliphatic carbocycles. The van der Waals surface area contributed by atoms with Crippen LogP contribution < -0.4 is 0 Å². The normalized spacial score (nSPS) is 22.0. The molecule has 1 heteroatoms. The first kappa shape index (κ1) is 2.75. The third-order valence-corrected chi connectivity index (χ3v) is 2.45. The highest BCUT2D eigenvalue weighted by atomic mass is 27.1. The van der Waals surface area contributed by atoms with E-state index in [0.29, 0.717) is 0 Å². The lowest BCUT2D eigenvalue weighted by molar-refractivity contribution is 0.971. The van der Waals surface area contributed by atoms with Crippen molar-refractivity contribution in [3.05, 3.63) is 0 Å². The number of rotatable bonds is 0. The lowest BCUT2D eigenvalue weighted by atomic mass is 10.5. The van der Waals surface area contributed by atoms with Gasteiger partial charge in [0.2, 0.25) is 0 Å². The largest absolute Gasteiger partial charge is 0.199 e. The first-order chi connectivity index (χ1) is 2.00. The quantitative estimate of drug-likeness (QED) is 0.371. The van der Waals surface area contributed by atoms with Gasteiger partial charge in [0.25, 0.3) is 0 Å². The minimum atomic E-state index is 0.963. The van der Waals surface area contributed by atoms with E-state index in [-0.39, 0.29) is 0 Å². The lowest BCUT2D eigenvalue weighted by Crippen LogP contribution is -1.98. The first-order valence-electron chi connectivity index (χ1n) is 1.82. The van der Waals surface area contributed by atoms with Crippen LogP contribution in [0.15, 0.2) is 0 Å². The van der Waals surface area contributed by atoms with Crippen molar-refractivity contribution in [2.75, 3.05) is 0 Å². The van der Waals surface area contributed by atoms with E-state index in [9.17, 15) is 0 Å². The van der Waals surface area contributed by atoms with Crippen molar-refractivity contribution >= 4 is 15.2 Å². The van der Waals surface area contributed by atoms with Crippen LogP contribution in [0.25, 0.3) is 0 Å². The zero-order valence-corrected chi connectivity index (χ0v) is 3.85.